The highest BCUT2D eigenvalue weighted by Crippen LogP contribution is 2.41. The molecule has 1 aromatic carbocycles. The minimum atomic E-state index is -0.596. The lowest BCUT2D eigenvalue weighted by Gasteiger charge is -2.24. The van der Waals surface area contributed by atoms with Crippen molar-refractivity contribution in [3.05, 3.63) is 34.9 Å². The predicted octanol–water partition coefficient (Wildman–Crippen LogP) is 4.60. The van der Waals surface area contributed by atoms with Gasteiger partial charge in [0.05, 0.1) is 25.3 Å². The first-order valence-corrected chi connectivity index (χ1v) is 9.73. The maximum atomic E-state index is 12.5. The molecule has 0 amide bonds. The molecule has 152 valence electrons. The van der Waals surface area contributed by atoms with Crippen molar-refractivity contribution < 1.29 is 28.6 Å². The van der Waals surface area contributed by atoms with Crippen molar-refractivity contribution in [2.24, 2.45) is 0 Å². The molecule has 0 N–H and O–H groups in total. The normalized spacial score (nSPS) is 13.9. The number of carbonyl (C=O) groups excluding carboxylic acids is 3. The Morgan fingerprint density at radius 1 is 0.964 bits per heavy atom. The second-order valence-corrected chi connectivity index (χ2v) is 6.71. The van der Waals surface area contributed by atoms with Gasteiger partial charge in [0, 0.05) is 12.0 Å². The number of fused-ring (bicyclic) bond motifs is 1. The number of ether oxygens (including phenoxy) is 3. The SMILES string of the molecule is CCCCCCC(=O)OC(CC)c1cc(OC)c2c(c1OC)C(=O)C=CC2=O. The number of hydrogen-bond donors (Lipinski definition) is 0. The fraction of sp³-hybridized carbons (Fsp3) is 0.500. The molecule has 1 unspecified atom stereocenters. The Hall–Kier alpha value is -2.63. The predicted molar refractivity (Wildman–Crippen MR) is 105 cm³/mol. The molecule has 0 bridgehead atoms. The van der Waals surface area contributed by atoms with Crippen LogP contribution in [0.3, 0.4) is 0 Å². The van der Waals surface area contributed by atoms with E-state index in [1.54, 1.807) is 6.07 Å². The number of methoxy groups -OCH3 is 2. The highest BCUT2D eigenvalue weighted by molar-refractivity contribution is 6.24. The van der Waals surface area contributed by atoms with E-state index >= 15 is 0 Å². The van der Waals surface area contributed by atoms with Gasteiger partial charge in [-0.25, -0.2) is 0 Å². The summed E-state index contributed by atoms with van der Waals surface area (Å²) in [5, 5.41) is 0. The van der Waals surface area contributed by atoms with Gasteiger partial charge in [-0.3, -0.25) is 14.4 Å². The first-order chi connectivity index (χ1) is 13.5. The molecule has 0 saturated heterocycles. The molecule has 1 aliphatic carbocycles. The Kier molecular flexibility index (Phi) is 7.79. The average molecular weight is 388 g/mol. The molecular weight excluding hydrogens is 360 g/mol. The van der Waals surface area contributed by atoms with Gasteiger partial charge >= 0.3 is 5.97 Å². The second kappa shape index (κ2) is 10.1. The summed E-state index contributed by atoms with van der Waals surface area (Å²) in [7, 11) is 2.86. The van der Waals surface area contributed by atoms with E-state index in [0.717, 1.165) is 25.7 Å². The number of rotatable bonds is 10. The van der Waals surface area contributed by atoms with Crippen molar-refractivity contribution in [3.63, 3.8) is 0 Å². The van der Waals surface area contributed by atoms with Gasteiger partial charge in [-0.1, -0.05) is 33.1 Å². The van der Waals surface area contributed by atoms with Crippen molar-refractivity contribution in [2.75, 3.05) is 14.2 Å². The molecule has 1 aromatic rings. The molecule has 6 heteroatoms. The Labute approximate surface area is 165 Å². The van der Waals surface area contributed by atoms with E-state index in [2.05, 4.69) is 6.92 Å². The average Bonchev–Trinajstić information content (AvgIpc) is 2.70. The van der Waals surface area contributed by atoms with Crippen molar-refractivity contribution in [1.29, 1.82) is 0 Å². The smallest absolute Gasteiger partial charge is 0.306 e. The van der Waals surface area contributed by atoms with Crippen molar-refractivity contribution in [2.45, 2.75) is 58.5 Å². The van der Waals surface area contributed by atoms with E-state index in [4.69, 9.17) is 14.2 Å². The molecule has 0 aliphatic heterocycles. The lowest BCUT2D eigenvalue weighted by Crippen LogP contribution is -2.18. The first kappa shape index (κ1) is 21.7. The number of esters is 1. The van der Waals surface area contributed by atoms with Crippen LogP contribution in [-0.2, 0) is 9.53 Å². The number of ketones is 2. The van der Waals surface area contributed by atoms with E-state index < -0.39 is 6.10 Å². The molecule has 28 heavy (non-hydrogen) atoms. The summed E-state index contributed by atoms with van der Waals surface area (Å²) < 4.78 is 16.5. The summed E-state index contributed by atoms with van der Waals surface area (Å²) in [6, 6.07) is 1.63. The zero-order valence-corrected chi connectivity index (χ0v) is 17.0. The summed E-state index contributed by atoms with van der Waals surface area (Å²) in [5.41, 5.74) is 0.858. The zero-order chi connectivity index (χ0) is 20.7. The van der Waals surface area contributed by atoms with Gasteiger partial charge in [0.25, 0.3) is 0 Å². The number of carbonyl (C=O) groups is 3. The standard InChI is InChI=1S/C22H28O6/c1-5-7-8-9-10-19(25)28-17(6-2)14-13-18(26-3)20-15(23)11-12-16(24)21(20)22(14)27-4/h11-13,17H,5-10H2,1-4H3. The van der Waals surface area contributed by atoms with Crippen molar-refractivity contribution >= 4 is 17.5 Å². The molecule has 0 aromatic heterocycles. The summed E-state index contributed by atoms with van der Waals surface area (Å²) >= 11 is 0. The van der Waals surface area contributed by atoms with Crippen molar-refractivity contribution in [1.82, 2.24) is 0 Å². The minimum Gasteiger partial charge on any atom is -0.496 e. The molecule has 0 fully saturated rings. The van der Waals surface area contributed by atoms with E-state index in [-0.39, 0.29) is 40.2 Å². The van der Waals surface area contributed by atoms with Crippen LogP contribution in [0.5, 0.6) is 11.5 Å². The maximum absolute atomic E-state index is 12.5. The third kappa shape index (κ3) is 4.61. The Bertz CT molecular complexity index is 778. The van der Waals surface area contributed by atoms with E-state index in [1.807, 2.05) is 6.92 Å². The fourth-order valence-corrected chi connectivity index (χ4v) is 3.36. The molecule has 0 heterocycles. The number of allylic oxidation sites excluding steroid dienone is 2. The quantitative estimate of drug-likeness (QED) is 0.430. The van der Waals surface area contributed by atoms with Gasteiger partial charge in [-0.15, -0.1) is 0 Å². The molecule has 2 rings (SSSR count). The van der Waals surface area contributed by atoms with Crippen LogP contribution in [-0.4, -0.2) is 31.8 Å². The highest BCUT2D eigenvalue weighted by Gasteiger charge is 2.32. The zero-order valence-electron chi connectivity index (χ0n) is 17.0. The Morgan fingerprint density at radius 2 is 1.64 bits per heavy atom. The molecule has 6 nitrogen and oxygen atoms in total. The van der Waals surface area contributed by atoms with Crippen LogP contribution in [0.1, 0.15) is 84.8 Å². The van der Waals surface area contributed by atoms with Gasteiger partial charge in [0.2, 0.25) is 0 Å². The van der Waals surface area contributed by atoms with E-state index in [9.17, 15) is 14.4 Å². The van der Waals surface area contributed by atoms with Crippen LogP contribution in [0.25, 0.3) is 0 Å². The van der Waals surface area contributed by atoms with Gasteiger partial charge in [-0.05, 0) is 31.1 Å². The molecule has 0 radical (unpaired) electrons. The number of unbranched alkanes of at least 4 members (excludes halogenated alkanes) is 3. The largest absolute Gasteiger partial charge is 0.496 e. The highest BCUT2D eigenvalue weighted by atomic mass is 16.5. The van der Waals surface area contributed by atoms with Gasteiger partial charge in [0.15, 0.2) is 11.6 Å². The minimum absolute atomic E-state index is 0.154. The summed E-state index contributed by atoms with van der Waals surface area (Å²) in [6.45, 7) is 4.00. The number of hydrogen-bond acceptors (Lipinski definition) is 6. The molecule has 0 saturated carbocycles. The summed E-state index contributed by atoms with van der Waals surface area (Å²) in [6.07, 6.45) is 6.65. The third-order valence-corrected chi connectivity index (χ3v) is 4.80. The van der Waals surface area contributed by atoms with E-state index in [1.165, 1.54) is 26.4 Å². The van der Waals surface area contributed by atoms with E-state index in [0.29, 0.717) is 18.4 Å². The van der Waals surface area contributed by atoms with Crippen LogP contribution in [0, 0.1) is 0 Å². The summed E-state index contributed by atoms with van der Waals surface area (Å²) in [5.74, 6) is -0.427. The Morgan fingerprint density at radius 3 is 2.21 bits per heavy atom. The molecule has 0 spiro atoms. The summed E-state index contributed by atoms with van der Waals surface area (Å²) in [4.78, 5) is 37.1. The van der Waals surface area contributed by atoms with Gasteiger partial charge < -0.3 is 14.2 Å². The Balaban J connectivity index is 2.38. The van der Waals surface area contributed by atoms with Crippen LogP contribution >= 0.6 is 0 Å². The van der Waals surface area contributed by atoms with Crippen LogP contribution < -0.4 is 9.47 Å². The molecular formula is C22H28O6. The topological polar surface area (TPSA) is 78.9 Å². The first-order valence-electron chi connectivity index (χ1n) is 9.73. The third-order valence-electron chi connectivity index (χ3n) is 4.80. The molecule has 1 atom stereocenters. The van der Waals surface area contributed by atoms with Gasteiger partial charge in [-0.2, -0.15) is 0 Å². The van der Waals surface area contributed by atoms with Gasteiger partial charge in [0.1, 0.15) is 17.6 Å². The van der Waals surface area contributed by atoms with Crippen LogP contribution in [0.15, 0.2) is 18.2 Å². The fourth-order valence-electron chi connectivity index (χ4n) is 3.36. The second-order valence-electron chi connectivity index (χ2n) is 6.71. The monoisotopic (exact) mass is 388 g/mol. The lowest BCUT2D eigenvalue weighted by atomic mass is 9.89. The van der Waals surface area contributed by atoms with Crippen LogP contribution in [0.2, 0.25) is 0 Å². The van der Waals surface area contributed by atoms with Crippen molar-refractivity contribution in [3.8, 4) is 11.5 Å². The number of benzene rings is 1. The molecule has 1 aliphatic rings. The lowest BCUT2D eigenvalue weighted by molar-refractivity contribution is -0.149. The maximum Gasteiger partial charge on any atom is 0.306 e. The van der Waals surface area contributed by atoms with Crippen LogP contribution in [0.4, 0.5) is 0 Å².